The van der Waals surface area contributed by atoms with Gasteiger partial charge in [-0.15, -0.1) is 0 Å². The standard InChI is InChI=1S/C24H26ClN3O3/c1-14(2)21(23(30)26-4)28-13-12-18-19(24(28)31)6-5-7-20(18)27-22(29)15(3)16-8-10-17(25)11-9-16/h5-15,21H,1-4H3,(H,26,30)(H,27,29)/t15-,21-/m1/s1. The molecule has 0 bridgehead atoms. The highest BCUT2D eigenvalue weighted by Gasteiger charge is 2.25. The van der Waals surface area contributed by atoms with Gasteiger partial charge in [0.25, 0.3) is 5.56 Å². The molecule has 6 nitrogen and oxygen atoms in total. The number of carbonyl (C=O) groups is 2. The van der Waals surface area contributed by atoms with Crippen LogP contribution in [0.15, 0.2) is 59.5 Å². The number of likely N-dealkylation sites (N-methyl/N-ethyl adjacent to an activating group) is 1. The quantitative estimate of drug-likeness (QED) is 0.599. The molecule has 0 aliphatic rings. The van der Waals surface area contributed by atoms with Crippen molar-refractivity contribution in [2.45, 2.75) is 32.7 Å². The lowest BCUT2D eigenvalue weighted by molar-refractivity contribution is -0.125. The van der Waals surface area contributed by atoms with Crippen molar-refractivity contribution in [2.24, 2.45) is 5.92 Å². The van der Waals surface area contributed by atoms with Crippen LogP contribution in [0.3, 0.4) is 0 Å². The number of benzene rings is 2. The fourth-order valence-electron chi connectivity index (χ4n) is 3.66. The highest BCUT2D eigenvalue weighted by molar-refractivity contribution is 6.30. The first-order valence-electron chi connectivity index (χ1n) is 10.2. The van der Waals surface area contributed by atoms with Crippen molar-refractivity contribution in [1.29, 1.82) is 0 Å². The molecule has 1 heterocycles. The van der Waals surface area contributed by atoms with E-state index in [0.717, 1.165) is 5.56 Å². The topological polar surface area (TPSA) is 80.2 Å². The average Bonchev–Trinajstić information content (AvgIpc) is 2.75. The smallest absolute Gasteiger partial charge is 0.259 e. The van der Waals surface area contributed by atoms with E-state index in [1.165, 1.54) is 4.57 Å². The van der Waals surface area contributed by atoms with Crippen LogP contribution >= 0.6 is 11.6 Å². The van der Waals surface area contributed by atoms with Gasteiger partial charge in [0.15, 0.2) is 0 Å². The predicted molar refractivity (Wildman–Crippen MR) is 125 cm³/mol. The van der Waals surface area contributed by atoms with Crippen LogP contribution in [0.4, 0.5) is 5.69 Å². The van der Waals surface area contributed by atoms with Gasteiger partial charge in [0, 0.05) is 34.7 Å². The van der Waals surface area contributed by atoms with Crippen LogP contribution in [0.2, 0.25) is 5.02 Å². The lowest BCUT2D eigenvalue weighted by Gasteiger charge is -2.22. The van der Waals surface area contributed by atoms with Crippen molar-refractivity contribution < 1.29 is 9.59 Å². The summed E-state index contributed by atoms with van der Waals surface area (Å²) < 4.78 is 1.45. The zero-order valence-electron chi connectivity index (χ0n) is 18.0. The summed E-state index contributed by atoms with van der Waals surface area (Å²) in [7, 11) is 1.55. The largest absolute Gasteiger partial charge is 0.357 e. The number of amides is 2. The molecule has 7 heteroatoms. The van der Waals surface area contributed by atoms with E-state index in [4.69, 9.17) is 11.6 Å². The number of nitrogens with zero attached hydrogens (tertiary/aromatic N) is 1. The Labute approximate surface area is 186 Å². The highest BCUT2D eigenvalue weighted by atomic mass is 35.5. The number of nitrogens with one attached hydrogen (secondary N) is 2. The van der Waals surface area contributed by atoms with Crippen molar-refractivity contribution >= 4 is 39.9 Å². The molecule has 0 saturated heterocycles. The summed E-state index contributed by atoms with van der Waals surface area (Å²) in [6.07, 6.45) is 1.61. The SMILES string of the molecule is CNC(=O)[C@@H](C(C)C)n1ccc2c(NC(=O)[C@H](C)c3ccc(Cl)cc3)cccc2c1=O. The number of hydrogen-bond donors (Lipinski definition) is 2. The van der Waals surface area contributed by atoms with Crippen LogP contribution in [0.5, 0.6) is 0 Å². The zero-order chi connectivity index (χ0) is 22.7. The first-order valence-corrected chi connectivity index (χ1v) is 10.5. The molecule has 2 atom stereocenters. The van der Waals surface area contributed by atoms with Crippen molar-refractivity contribution in [3.8, 4) is 0 Å². The molecular formula is C24H26ClN3O3. The molecule has 0 aliphatic heterocycles. The first kappa shape index (κ1) is 22.6. The maximum atomic E-state index is 13.2. The van der Waals surface area contributed by atoms with Crippen molar-refractivity contribution in [1.82, 2.24) is 9.88 Å². The summed E-state index contributed by atoms with van der Waals surface area (Å²) in [5, 5.41) is 7.23. The number of pyridine rings is 1. The summed E-state index contributed by atoms with van der Waals surface area (Å²) >= 11 is 5.93. The van der Waals surface area contributed by atoms with E-state index in [-0.39, 0.29) is 23.3 Å². The Kier molecular flexibility index (Phi) is 6.81. The Balaban J connectivity index is 1.97. The van der Waals surface area contributed by atoms with Crippen molar-refractivity contribution in [3.05, 3.63) is 75.7 Å². The molecule has 0 saturated carbocycles. The van der Waals surface area contributed by atoms with Crippen molar-refractivity contribution in [3.63, 3.8) is 0 Å². The average molecular weight is 440 g/mol. The number of rotatable bonds is 6. The van der Waals surface area contributed by atoms with Crippen LogP contribution in [0.1, 0.15) is 38.3 Å². The number of anilines is 1. The first-order chi connectivity index (χ1) is 14.7. The van der Waals surface area contributed by atoms with Gasteiger partial charge in [-0.2, -0.15) is 0 Å². The number of hydrogen-bond acceptors (Lipinski definition) is 3. The minimum absolute atomic E-state index is 0.0711. The second-order valence-corrected chi connectivity index (χ2v) is 8.30. The molecule has 0 unspecified atom stereocenters. The fourth-order valence-corrected chi connectivity index (χ4v) is 3.79. The molecule has 2 aromatic carbocycles. The minimum Gasteiger partial charge on any atom is -0.357 e. The van der Waals surface area contributed by atoms with Crippen LogP contribution in [-0.4, -0.2) is 23.4 Å². The Morgan fingerprint density at radius 3 is 2.23 bits per heavy atom. The van der Waals surface area contributed by atoms with E-state index in [9.17, 15) is 14.4 Å². The summed E-state index contributed by atoms with van der Waals surface area (Å²) in [5.74, 6) is -0.883. The maximum Gasteiger partial charge on any atom is 0.259 e. The van der Waals surface area contributed by atoms with E-state index in [1.54, 1.807) is 49.6 Å². The van der Waals surface area contributed by atoms with Gasteiger partial charge in [-0.05, 0) is 48.7 Å². The molecule has 31 heavy (non-hydrogen) atoms. The molecule has 1 aromatic heterocycles. The van der Waals surface area contributed by atoms with Gasteiger partial charge >= 0.3 is 0 Å². The summed E-state index contributed by atoms with van der Waals surface area (Å²) in [5.41, 5.74) is 1.12. The number of aromatic nitrogens is 1. The monoisotopic (exact) mass is 439 g/mol. The number of halogens is 1. The van der Waals surface area contributed by atoms with Gasteiger partial charge in [-0.1, -0.05) is 43.6 Å². The Bertz CT molecular complexity index is 1170. The Morgan fingerprint density at radius 2 is 1.61 bits per heavy atom. The lowest BCUT2D eigenvalue weighted by Crippen LogP contribution is -2.38. The van der Waals surface area contributed by atoms with Gasteiger partial charge in [0.05, 0.1) is 5.92 Å². The molecule has 3 aromatic rings. The van der Waals surface area contributed by atoms with E-state index in [0.29, 0.717) is 21.5 Å². The minimum atomic E-state index is -0.620. The normalized spacial score (nSPS) is 13.1. The van der Waals surface area contributed by atoms with Gasteiger partial charge in [0.2, 0.25) is 11.8 Å². The van der Waals surface area contributed by atoms with Crippen molar-refractivity contribution in [2.75, 3.05) is 12.4 Å². The molecule has 0 aliphatic carbocycles. The third-order valence-corrected chi connectivity index (χ3v) is 5.69. The number of carbonyl (C=O) groups excluding carboxylic acids is 2. The van der Waals surface area contributed by atoms with Crippen LogP contribution in [0, 0.1) is 5.92 Å². The molecule has 2 amide bonds. The van der Waals surface area contributed by atoms with Crippen LogP contribution in [0.25, 0.3) is 10.8 Å². The van der Waals surface area contributed by atoms with Gasteiger partial charge < -0.3 is 15.2 Å². The molecular weight excluding hydrogens is 414 g/mol. The van der Waals surface area contributed by atoms with E-state index in [1.807, 2.05) is 32.9 Å². The van der Waals surface area contributed by atoms with Crippen LogP contribution in [-0.2, 0) is 9.59 Å². The summed E-state index contributed by atoms with van der Waals surface area (Å²) in [6.45, 7) is 5.60. The van der Waals surface area contributed by atoms with Gasteiger partial charge in [-0.3, -0.25) is 14.4 Å². The highest BCUT2D eigenvalue weighted by Crippen LogP contribution is 2.26. The van der Waals surface area contributed by atoms with Crippen LogP contribution < -0.4 is 16.2 Å². The van der Waals surface area contributed by atoms with Gasteiger partial charge in [-0.25, -0.2) is 0 Å². The third-order valence-electron chi connectivity index (χ3n) is 5.44. The summed E-state index contributed by atoms with van der Waals surface area (Å²) in [4.78, 5) is 38.4. The zero-order valence-corrected chi connectivity index (χ0v) is 18.7. The fraction of sp³-hybridized carbons (Fsp3) is 0.292. The molecule has 0 spiro atoms. The second kappa shape index (κ2) is 9.35. The predicted octanol–water partition coefficient (Wildman–Crippen LogP) is 4.34. The molecule has 2 N–H and O–H groups in total. The second-order valence-electron chi connectivity index (χ2n) is 7.86. The van der Waals surface area contributed by atoms with E-state index < -0.39 is 12.0 Å². The lowest BCUT2D eigenvalue weighted by atomic mass is 10.00. The van der Waals surface area contributed by atoms with E-state index in [2.05, 4.69) is 10.6 Å². The maximum absolute atomic E-state index is 13.2. The molecule has 0 radical (unpaired) electrons. The van der Waals surface area contributed by atoms with E-state index >= 15 is 0 Å². The summed E-state index contributed by atoms with van der Waals surface area (Å²) in [6, 6.07) is 13.5. The molecule has 3 rings (SSSR count). The Hall–Kier alpha value is -3.12. The third kappa shape index (κ3) is 4.64. The Morgan fingerprint density at radius 1 is 0.935 bits per heavy atom. The molecule has 162 valence electrons. The van der Waals surface area contributed by atoms with Gasteiger partial charge in [0.1, 0.15) is 6.04 Å². The molecule has 0 fully saturated rings. The number of fused-ring (bicyclic) bond motifs is 1.